The first kappa shape index (κ1) is 22.0. The van der Waals surface area contributed by atoms with Crippen LogP contribution in [0, 0.1) is 5.92 Å². The summed E-state index contributed by atoms with van der Waals surface area (Å²) in [7, 11) is -2.46. The van der Waals surface area contributed by atoms with E-state index in [9.17, 15) is 18.0 Å². The fourth-order valence-corrected chi connectivity index (χ4v) is 5.53. The van der Waals surface area contributed by atoms with Crippen LogP contribution in [0.1, 0.15) is 23.2 Å². The topological polar surface area (TPSA) is 92.8 Å². The molecule has 0 saturated carbocycles. The van der Waals surface area contributed by atoms with Crippen molar-refractivity contribution in [2.45, 2.75) is 17.7 Å². The second-order valence-corrected chi connectivity index (χ2v) is 9.68. The Bertz CT molecular complexity index is 1270. The minimum Gasteiger partial charge on any atom is -0.465 e. The monoisotopic (exact) mass is 452 g/mol. The summed E-state index contributed by atoms with van der Waals surface area (Å²) in [5, 5.41) is 4.58. The normalized spacial score (nSPS) is 17.1. The number of esters is 1. The van der Waals surface area contributed by atoms with Crippen molar-refractivity contribution in [2.24, 2.45) is 5.92 Å². The first-order valence-electron chi connectivity index (χ1n) is 10.4. The molecule has 1 amide bonds. The maximum Gasteiger partial charge on any atom is 0.339 e. The second kappa shape index (κ2) is 9.10. The number of methoxy groups -OCH3 is 1. The predicted octanol–water partition coefficient (Wildman–Crippen LogP) is 3.67. The highest BCUT2D eigenvalue weighted by atomic mass is 32.2. The van der Waals surface area contributed by atoms with Crippen molar-refractivity contribution in [2.75, 3.05) is 25.5 Å². The number of ether oxygens (including phenoxy) is 1. The lowest BCUT2D eigenvalue weighted by atomic mass is 9.98. The number of anilines is 1. The number of carbonyl (C=O) groups is 2. The summed E-state index contributed by atoms with van der Waals surface area (Å²) in [6.07, 6.45) is 1.14. The molecule has 0 unspecified atom stereocenters. The molecular formula is C24H24N2O5S. The Labute approximate surface area is 187 Å². The molecule has 32 heavy (non-hydrogen) atoms. The molecule has 1 N–H and O–H groups in total. The number of benzene rings is 3. The lowest BCUT2D eigenvalue weighted by Gasteiger charge is -2.31. The van der Waals surface area contributed by atoms with E-state index in [1.54, 1.807) is 42.5 Å². The van der Waals surface area contributed by atoms with Gasteiger partial charge in [-0.15, -0.1) is 0 Å². The molecule has 1 saturated heterocycles. The van der Waals surface area contributed by atoms with Crippen molar-refractivity contribution in [3.63, 3.8) is 0 Å². The van der Waals surface area contributed by atoms with Gasteiger partial charge in [-0.1, -0.05) is 42.5 Å². The van der Waals surface area contributed by atoms with Crippen LogP contribution in [0.15, 0.2) is 71.6 Å². The number of sulfonamides is 1. The number of nitrogens with zero attached hydrogens (tertiary/aromatic N) is 1. The number of piperidine rings is 1. The number of hydrogen-bond donors (Lipinski definition) is 1. The summed E-state index contributed by atoms with van der Waals surface area (Å²) < 4.78 is 32.7. The SMILES string of the molecule is COC(=O)c1ccccc1NC(=O)[C@H]1CCCN(S(=O)(=O)c2ccc3ccccc3c2)C1. The molecule has 0 aliphatic carbocycles. The Morgan fingerprint density at radius 1 is 1.00 bits per heavy atom. The van der Waals surface area contributed by atoms with Crippen molar-refractivity contribution in [1.82, 2.24) is 4.31 Å². The van der Waals surface area contributed by atoms with E-state index in [4.69, 9.17) is 4.74 Å². The summed E-state index contributed by atoms with van der Waals surface area (Å²) >= 11 is 0. The molecule has 4 rings (SSSR count). The quantitative estimate of drug-likeness (QED) is 0.597. The third-order valence-corrected chi connectivity index (χ3v) is 7.56. The largest absolute Gasteiger partial charge is 0.465 e. The van der Waals surface area contributed by atoms with Crippen molar-refractivity contribution in [3.05, 3.63) is 72.3 Å². The zero-order valence-corrected chi connectivity index (χ0v) is 18.5. The van der Waals surface area contributed by atoms with E-state index >= 15 is 0 Å². The molecule has 1 aliphatic heterocycles. The van der Waals surface area contributed by atoms with Gasteiger partial charge in [0.25, 0.3) is 0 Å². The molecule has 0 bridgehead atoms. The van der Waals surface area contributed by atoms with E-state index in [1.807, 2.05) is 24.3 Å². The molecule has 3 aromatic rings. The van der Waals surface area contributed by atoms with Gasteiger partial charge in [-0.3, -0.25) is 4.79 Å². The number of para-hydroxylation sites is 1. The van der Waals surface area contributed by atoms with Crippen LogP contribution < -0.4 is 5.32 Å². The second-order valence-electron chi connectivity index (χ2n) is 7.74. The zero-order valence-electron chi connectivity index (χ0n) is 17.7. The lowest BCUT2D eigenvalue weighted by molar-refractivity contribution is -0.120. The van der Waals surface area contributed by atoms with E-state index in [0.717, 1.165) is 10.8 Å². The van der Waals surface area contributed by atoms with Gasteiger partial charge in [0.1, 0.15) is 0 Å². The molecule has 166 valence electrons. The minimum atomic E-state index is -3.74. The molecular weight excluding hydrogens is 428 g/mol. The third kappa shape index (κ3) is 4.37. The maximum absolute atomic E-state index is 13.3. The molecule has 0 radical (unpaired) electrons. The Morgan fingerprint density at radius 2 is 1.72 bits per heavy atom. The van der Waals surface area contributed by atoms with E-state index in [1.165, 1.54) is 11.4 Å². The van der Waals surface area contributed by atoms with Crippen LogP contribution in [-0.4, -0.2) is 44.8 Å². The van der Waals surface area contributed by atoms with Crippen LogP contribution in [0.25, 0.3) is 10.8 Å². The number of hydrogen-bond acceptors (Lipinski definition) is 5. The van der Waals surface area contributed by atoms with Gasteiger partial charge in [0.05, 0.1) is 29.2 Å². The highest BCUT2D eigenvalue weighted by Crippen LogP contribution is 2.27. The van der Waals surface area contributed by atoms with Crippen LogP contribution in [0.3, 0.4) is 0 Å². The number of carbonyl (C=O) groups excluding carboxylic acids is 2. The Balaban J connectivity index is 1.53. The average molecular weight is 453 g/mol. The molecule has 7 nitrogen and oxygen atoms in total. The summed E-state index contributed by atoms with van der Waals surface area (Å²) in [6, 6.07) is 19.2. The van der Waals surface area contributed by atoms with E-state index < -0.39 is 21.9 Å². The number of nitrogens with one attached hydrogen (secondary N) is 1. The Morgan fingerprint density at radius 3 is 2.50 bits per heavy atom. The van der Waals surface area contributed by atoms with E-state index in [2.05, 4.69) is 5.32 Å². The summed E-state index contributed by atoms with van der Waals surface area (Å²) in [4.78, 5) is 25.1. The zero-order chi connectivity index (χ0) is 22.7. The van der Waals surface area contributed by atoms with Gasteiger partial charge in [0.2, 0.25) is 15.9 Å². The van der Waals surface area contributed by atoms with E-state index in [0.29, 0.717) is 25.1 Å². The smallest absolute Gasteiger partial charge is 0.339 e. The fourth-order valence-electron chi connectivity index (χ4n) is 3.97. The molecule has 1 fully saturated rings. The molecule has 3 aromatic carbocycles. The van der Waals surface area contributed by atoms with Crippen LogP contribution in [0.4, 0.5) is 5.69 Å². The molecule has 1 atom stereocenters. The molecule has 1 aliphatic rings. The Hall–Kier alpha value is -3.23. The Kier molecular flexibility index (Phi) is 6.25. The number of fused-ring (bicyclic) bond motifs is 1. The highest BCUT2D eigenvalue weighted by molar-refractivity contribution is 7.89. The van der Waals surface area contributed by atoms with Gasteiger partial charge in [-0.25, -0.2) is 13.2 Å². The van der Waals surface area contributed by atoms with Crippen LogP contribution >= 0.6 is 0 Å². The summed E-state index contributed by atoms with van der Waals surface area (Å²) in [5.41, 5.74) is 0.596. The van der Waals surface area contributed by atoms with Crippen molar-refractivity contribution in [1.29, 1.82) is 0 Å². The number of rotatable bonds is 5. The fraction of sp³-hybridized carbons (Fsp3) is 0.250. The third-order valence-electron chi connectivity index (χ3n) is 5.70. The first-order chi connectivity index (χ1) is 15.4. The van der Waals surface area contributed by atoms with Crippen molar-refractivity contribution >= 4 is 38.4 Å². The molecule has 0 aromatic heterocycles. The van der Waals surface area contributed by atoms with Gasteiger partial charge in [-0.05, 0) is 47.9 Å². The van der Waals surface area contributed by atoms with Gasteiger partial charge in [-0.2, -0.15) is 4.31 Å². The van der Waals surface area contributed by atoms with Crippen LogP contribution in [-0.2, 0) is 19.6 Å². The van der Waals surface area contributed by atoms with E-state index in [-0.39, 0.29) is 22.9 Å². The van der Waals surface area contributed by atoms with Crippen LogP contribution in [0.2, 0.25) is 0 Å². The standard InChI is InChI=1S/C24H24N2O5S/c1-31-24(28)21-10-4-5-11-22(21)25-23(27)19-9-6-14-26(16-19)32(29,30)20-13-12-17-7-2-3-8-18(17)15-20/h2-5,7-8,10-13,15,19H,6,9,14,16H2,1H3,(H,25,27)/t19-/m0/s1. The lowest BCUT2D eigenvalue weighted by Crippen LogP contribution is -2.43. The van der Waals surface area contributed by atoms with Crippen LogP contribution in [0.5, 0.6) is 0 Å². The predicted molar refractivity (Wildman–Crippen MR) is 122 cm³/mol. The summed E-state index contributed by atoms with van der Waals surface area (Å²) in [5.74, 6) is -1.39. The number of amides is 1. The van der Waals surface area contributed by atoms with Gasteiger partial charge in [0.15, 0.2) is 0 Å². The van der Waals surface area contributed by atoms with Crippen molar-refractivity contribution < 1.29 is 22.7 Å². The molecule has 0 spiro atoms. The molecule has 1 heterocycles. The van der Waals surface area contributed by atoms with Crippen molar-refractivity contribution in [3.8, 4) is 0 Å². The highest BCUT2D eigenvalue weighted by Gasteiger charge is 2.33. The average Bonchev–Trinajstić information content (AvgIpc) is 2.83. The minimum absolute atomic E-state index is 0.0847. The maximum atomic E-state index is 13.3. The van der Waals surface area contributed by atoms with Gasteiger partial charge >= 0.3 is 5.97 Å². The summed E-state index contributed by atoms with van der Waals surface area (Å²) in [6.45, 7) is 0.444. The molecule has 8 heteroatoms. The van der Waals surface area contributed by atoms with Gasteiger partial charge < -0.3 is 10.1 Å². The van der Waals surface area contributed by atoms with Gasteiger partial charge in [0, 0.05) is 13.1 Å². The first-order valence-corrected chi connectivity index (χ1v) is 11.8.